The summed E-state index contributed by atoms with van der Waals surface area (Å²) in [5, 5.41) is 0. The van der Waals surface area contributed by atoms with Gasteiger partial charge in [-0.05, 0) is 19.1 Å². The molecule has 2 aromatic rings. The van der Waals surface area contributed by atoms with Crippen LogP contribution in [-0.4, -0.2) is 17.5 Å². The molecule has 0 atom stereocenters. The summed E-state index contributed by atoms with van der Waals surface area (Å²) < 4.78 is 5.45. The molecule has 19 heavy (non-hydrogen) atoms. The summed E-state index contributed by atoms with van der Waals surface area (Å²) in [6.45, 7) is 2.51. The fourth-order valence-electron chi connectivity index (χ4n) is 2.26. The molecule has 0 unspecified atom stereocenters. The van der Waals surface area contributed by atoms with Crippen molar-refractivity contribution in [1.29, 1.82) is 0 Å². The number of hydrogen-bond donors (Lipinski definition) is 0. The van der Waals surface area contributed by atoms with Gasteiger partial charge in [0.1, 0.15) is 5.75 Å². The Balaban J connectivity index is 2.05. The quantitative estimate of drug-likeness (QED) is 0.845. The number of amides is 1. The zero-order valence-corrected chi connectivity index (χ0v) is 10.7. The van der Waals surface area contributed by atoms with Crippen molar-refractivity contribution in [2.45, 2.75) is 13.3 Å². The van der Waals surface area contributed by atoms with Crippen molar-refractivity contribution in [3.05, 3.63) is 48.3 Å². The van der Waals surface area contributed by atoms with Crippen molar-refractivity contribution in [1.82, 2.24) is 4.98 Å². The Kier molecular flexibility index (Phi) is 2.91. The van der Waals surface area contributed by atoms with E-state index in [2.05, 4.69) is 4.98 Å². The first-order chi connectivity index (χ1) is 9.29. The zero-order valence-electron chi connectivity index (χ0n) is 10.7. The SMILES string of the molecule is CCOc1cnc2c(c1)N(c1ccccc1)C(=O)C2. The summed E-state index contributed by atoms with van der Waals surface area (Å²) in [5.41, 5.74) is 2.49. The molecule has 0 saturated heterocycles. The van der Waals surface area contributed by atoms with Crippen LogP contribution < -0.4 is 9.64 Å². The summed E-state index contributed by atoms with van der Waals surface area (Å²) >= 11 is 0. The number of benzene rings is 1. The number of nitrogens with zero attached hydrogens (tertiary/aromatic N) is 2. The van der Waals surface area contributed by atoms with Gasteiger partial charge in [0.15, 0.2) is 0 Å². The van der Waals surface area contributed by atoms with E-state index in [0.717, 1.165) is 17.1 Å². The van der Waals surface area contributed by atoms with E-state index in [1.165, 1.54) is 0 Å². The summed E-state index contributed by atoms with van der Waals surface area (Å²) in [6, 6.07) is 11.5. The fraction of sp³-hybridized carbons (Fsp3) is 0.200. The molecule has 1 aliphatic heterocycles. The standard InChI is InChI=1S/C15H14N2O2/c1-2-19-12-8-14-13(16-10-12)9-15(18)17(14)11-6-4-3-5-7-11/h3-8,10H,2,9H2,1H3. The Morgan fingerprint density at radius 1 is 1.32 bits per heavy atom. The van der Waals surface area contributed by atoms with Crippen LogP contribution in [-0.2, 0) is 11.2 Å². The predicted octanol–water partition coefficient (Wildman–Crippen LogP) is 2.70. The number of pyridine rings is 1. The van der Waals surface area contributed by atoms with Gasteiger partial charge in [-0.2, -0.15) is 0 Å². The minimum atomic E-state index is 0.0438. The van der Waals surface area contributed by atoms with Gasteiger partial charge in [0.2, 0.25) is 5.91 Å². The number of fused-ring (bicyclic) bond motifs is 1. The van der Waals surface area contributed by atoms with E-state index in [4.69, 9.17) is 4.74 Å². The molecule has 2 heterocycles. The van der Waals surface area contributed by atoms with Crippen LogP contribution in [0.2, 0.25) is 0 Å². The Morgan fingerprint density at radius 2 is 2.11 bits per heavy atom. The van der Waals surface area contributed by atoms with E-state index in [1.54, 1.807) is 11.1 Å². The molecule has 0 spiro atoms. The maximum absolute atomic E-state index is 12.1. The third kappa shape index (κ3) is 2.05. The van der Waals surface area contributed by atoms with Gasteiger partial charge in [-0.15, -0.1) is 0 Å². The maximum atomic E-state index is 12.1. The van der Waals surface area contributed by atoms with Gasteiger partial charge < -0.3 is 4.74 Å². The lowest BCUT2D eigenvalue weighted by atomic mass is 10.2. The van der Waals surface area contributed by atoms with Gasteiger partial charge in [-0.1, -0.05) is 18.2 Å². The molecule has 4 nitrogen and oxygen atoms in total. The molecular weight excluding hydrogens is 240 g/mol. The normalized spacial score (nSPS) is 13.5. The molecule has 1 aromatic heterocycles. The number of ether oxygens (including phenoxy) is 1. The zero-order chi connectivity index (χ0) is 13.2. The third-order valence-electron chi connectivity index (χ3n) is 3.06. The number of carbonyl (C=O) groups is 1. The second-order valence-electron chi connectivity index (χ2n) is 4.31. The van der Waals surface area contributed by atoms with Crippen LogP contribution in [0.5, 0.6) is 5.75 Å². The van der Waals surface area contributed by atoms with Gasteiger partial charge in [-0.3, -0.25) is 14.7 Å². The number of rotatable bonds is 3. The fourth-order valence-corrected chi connectivity index (χ4v) is 2.26. The number of aromatic nitrogens is 1. The van der Waals surface area contributed by atoms with Crippen LogP contribution in [0, 0.1) is 0 Å². The van der Waals surface area contributed by atoms with Crippen LogP contribution in [0.3, 0.4) is 0 Å². The summed E-state index contributed by atoms with van der Waals surface area (Å²) in [6.07, 6.45) is 2.01. The molecule has 3 rings (SSSR count). The summed E-state index contributed by atoms with van der Waals surface area (Å²) in [4.78, 5) is 18.2. The maximum Gasteiger partial charge on any atom is 0.237 e. The number of carbonyl (C=O) groups excluding carboxylic acids is 1. The van der Waals surface area contributed by atoms with Gasteiger partial charge in [0.05, 0.1) is 30.6 Å². The van der Waals surface area contributed by atoms with Gasteiger partial charge in [0.25, 0.3) is 0 Å². The highest BCUT2D eigenvalue weighted by atomic mass is 16.5. The molecule has 0 aliphatic carbocycles. The van der Waals surface area contributed by atoms with Crippen LogP contribution in [0.25, 0.3) is 0 Å². The van der Waals surface area contributed by atoms with Gasteiger partial charge in [-0.25, -0.2) is 0 Å². The van der Waals surface area contributed by atoms with E-state index < -0.39 is 0 Å². The monoisotopic (exact) mass is 254 g/mol. The average molecular weight is 254 g/mol. The first-order valence-corrected chi connectivity index (χ1v) is 6.29. The molecule has 1 aromatic carbocycles. The summed E-state index contributed by atoms with van der Waals surface area (Å²) in [5.74, 6) is 0.735. The molecule has 0 fully saturated rings. The molecule has 1 amide bonds. The molecule has 0 bridgehead atoms. The third-order valence-corrected chi connectivity index (χ3v) is 3.06. The molecule has 0 N–H and O–H groups in total. The number of hydrogen-bond acceptors (Lipinski definition) is 3. The smallest absolute Gasteiger partial charge is 0.237 e. The van der Waals surface area contributed by atoms with Crippen molar-refractivity contribution in [2.24, 2.45) is 0 Å². The second kappa shape index (κ2) is 4.72. The lowest BCUT2D eigenvalue weighted by Gasteiger charge is -2.17. The minimum Gasteiger partial charge on any atom is -0.492 e. The van der Waals surface area contributed by atoms with E-state index in [0.29, 0.717) is 18.8 Å². The highest BCUT2D eigenvalue weighted by Gasteiger charge is 2.30. The predicted molar refractivity (Wildman–Crippen MR) is 72.7 cm³/mol. The first-order valence-electron chi connectivity index (χ1n) is 6.29. The highest BCUT2D eigenvalue weighted by Crippen LogP contribution is 2.36. The highest BCUT2D eigenvalue weighted by molar-refractivity contribution is 6.06. The Morgan fingerprint density at radius 3 is 2.84 bits per heavy atom. The van der Waals surface area contributed by atoms with Crippen molar-refractivity contribution < 1.29 is 9.53 Å². The van der Waals surface area contributed by atoms with Crippen molar-refractivity contribution in [3.8, 4) is 5.75 Å². The lowest BCUT2D eigenvalue weighted by molar-refractivity contribution is -0.116. The van der Waals surface area contributed by atoms with Crippen LogP contribution in [0.15, 0.2) is 42.6 Å². The van der Waals surface area contributed by atoms with E-state index in [-0.39, 0.29) is 5.91 Å². The Hall–Kier alpha value is -2.36. The molecule has 0 radical (unpaired) electrons. The topological polar surface area (TPSA) is 42.4 Å². The number of para-hydroxylation sites is 1. The van der Waals surface area contributed by atoms with E-state index >= 15 is 0 Å². The lowest BCUT2D eigenvalue weighted by Crippen LogP contribution is -2.20. The van der Waals surface area contributed by atoms with Crippen molar-refractivity contribution in [2.75, 3.05) is 11.5 Å². The molecule has 4 heteroatoms. The molecular formula is C15H14N2O2. The second-order valence-corrected chi connectivity index (χ2v) is 4.31. The van der Waals surface area contributed by atoms with Crippen molar-refractivity contribution >= 4 is 17.3 Å². The van der Waals surface area contributed by atoms with Gasteiger partial charge >= 0.3 is 0 Å². The first kappa shape index (κ1) is 11.7. The van der Waals surface area contributed by atoms with Crippen molar-refractivity contribution in [3.63, 3.8) is 0 Å². The average Bonchev–Trinajstić information content (AvgIpc) is 2.75. The largest absolute Gasteiger partial charge is 0.492 e. The van der Waals surface area contributed by atoms with Crippen LogP contribution in [0.4, 0.5) is 11.4 Å². The minimum absolute atomic E-state index is 0.0438. The van der Waals surface area contributed by atoms with Crippen LogP contribution in [0.1, 0.15) is 12.6 Å². The van der Waals surface area contributed by atoms with E-state index in [1.807, 2.05) is 43.3 Å². The molecule has 0 saturated carbocycles. The Bertz CT molecular complexity index is 611. The molecule has 96 valence electrons. The van der Waals surface area contributed by atoms with Crippen LogP contribution >= 0.6 is 0 Å². The van der Waals surface area contributed by atoms with E-state index in [9.17, 15) is 4.79 Å². The number of anilines is 2. The summed E-state index contributed by atoms with van der Waals surface area (Å²) in [7, 11) is 0. The molecule has 1 aliphatic rings. The van der Waals surface area contributed by atoms with Gasteiger partial charge in [0, 0.05) is 11.8 Å². The Labute approximate surface area is 111 Å².